The Morgan fingerprint density at radius 2 is 2.39 bits per heavy atom. The van der Waals surface area contributed by atoms with Gasteiger partial charge >= 0.3 is 0 Å². The first kappa shape index (κ1) is 13.1. The molecular weight excluding hydrogens is 266 g/mol. The number of hydrogen-bond acceptors (Lipinski definition) is 5. The van der Waals surface area contributed by atoms with Crippen molar-refractivity contribution in [2.75, 3.05) is 11.6 Å². The van der Waals surface area contributed by atoms with Gasteiger partial charge in [0.05, 0.1) is 0 Å². The second-order valence-corrected chi connectivity index (χ2v) is 5.34. The number of aromatic nitrogens is 1. The van der Waals surface area contributed by atoms with E-state index in [1.54, 1.807) is 17.1 Å². The summed E-state index contributed by atoms with van der Waals surface area (Å²) in [6.07, 6.45) is 1.99. The Morgan fingerprint density at radius 1 is 1.56 bits per heavy atom. The summed E-state index contributed by atoms with van der Waals surface area (Å²) in [6, 6.07) is 7.69. The van der Waals surface area contributed by atoms with Crippen molar-refractivity contribution in [3.63, 3.8) is 0 Å². The standard InChI is InChI=1S/C12H13N3OS2/c1-17-9-4-2-3-8(5-9)14-12(16)10-7-18-11(6-13)15-10/h2-5,7H,6,13H2,1H3,(H,14,16). The third kappa shape index (κ3) is 3.10. The zero-order valence-corrected chi connectivity index (χ0v) is 11.5. The molecule has 2 aromatic rings. The predicted molar refractivity (Wildman–Crippen MR) is 76.2 cm³/mol. The predicted octanol–water partition coefficient (Wildman–Crippen LogP) is 2.58. The van der Waals surface area contributed by atoms with Gasteiger partial charge in [0.1, 0.15) is 10.7 Å². The van der Waals surface area contributed by atoms with Crippen LogP contribution in [0.3, 0.4) is 0 Å². The molecule has 0 saturated heterocycles. The van der Waals surface area contributed by atoms with Gasteiger partial charge in [-0.1, -0.05) is 6.07 Å². The average Bonchev–Trinajstić information content (AvgIpc) is 2.88. The number of rotatable bonds is 4. The lowest BCUT2D eigenvalue weighted by Gasteiger charge is -2.04. The van der Waals surface area contributed by atoms with Gasteiger partial charge in [0.15, 0.2) is 0 Å². The van der Waals surface area contributed by atoms with Crippen LogP contribution >= 0.6 is 23.1 Å². The van der Waals surface area contributed by atoms with Gasteiger partial charge in [0, 0.05) is 22.5 Å². The van der Waals surface area contributed by atoms with Crippen LogP contribution < -0.4 is 11.1 Å². The Balaban J connectivity index is 2.10. The second kappa shape index (κ2) is 5.99. The molecule has 1 amide bonds. The van der Waals surface area contributed by atoms with Crippen molar-refractivity contribution in [2.24, 2.45) is 5.73 Å². The first-order valence-electron chi connectivity index (χ1n) is 5.33. The molecule has 6 heteroatoms. The van der Waals surface area contributed by atoms with Crippen LogP contribution in [0.2, 0.25) is 0 Å². The highest BCUT2D eigenvalue weighted by atomic mass is 32.2. The molecule has 0 saturated carbocycles. The minimum Gasteiger partial charge on any atom is -0.325 e. The van der Waals surface area contributed by atoms with Gasteiger partial charge < -0.3 is 11.1 Å². The topological polar surface area (TPSA) is 68.0 Å². The molecule has 1 aromatic heterocycles. The average molecular weight is 279 g/mol. The van der Waals surface area contributed by atoms with Crippen LogP contribution in [0.25, 0.3) is 0 Å². The van der Waals surface area contributed by atoms with Gasteiger partial charge in [-0.25, -0.2) is 4.98 Å². The quantitative estimate of drug-likeness (QED) is 0.844. The number of carbonyl (C=O) groups is 1. The summed E-state index contributed by atoms with van der Waals surface area (Å²) in [5.41, 5.74) is 6.65. The molecule has 1 heterocycles. The van der Waals surface area contributed by atoms with E-state index in [2.05, 4.69) is 10.3 Å². The number of thioether (sulfide) groups is 1. The summed E-state index contributed by atoms with van der Waals surface area (Å²) in [6.45, 7) is 0.361. The number of nitrogens with one attached hydrogen (secondary N) is 1. The highest BCUT2D eigenvalue weighted by molar-refractivity contribution is 7.98. The molecule has 0 radical (unpaired) electrons. The summed E-state index contributed by atoms with van der Waals surface area (Å²) >= 11 is 3.03. The van der Waals surface area contributed by atoms with Crippen molar-refractivity contribution >= 4 is 34.7 Å². The zero-order valence-electron chi connectivity index (χ0n) is 9.84. The van der Waals surface area contributed by atoms with Gasteiger partial charge in [-0.05, 0) is 24.5 Å². The molecule has 0 aliphatic heterocycles. The van der Waals surface area contributed by atoms with Crippen LogP contribution in [0, 0.1) is 0 Å². The van der Waals surface area contributed by atoms with E-state index in [4.69, 9.17) is 5.73 Å². The van der Waals surface area contributed by atoms with Crippen molar-refractivity contribution < 1.29 is 4.79 Å². The maximum atomic E-state index is 11.9. The molecule has 0 fully saturated rings. The summed E-state index contributed by atoms with van der Waals surface area (Å²) in [5, 5.41) is 5.30. The molecule has 0 unspecified atom stereocenters. The van der Waals surface area contributed by atoms with E-state index in [0.717, 1.165) is 15.6 Å². The fourth-order valence-electron chi connectivity index (χ4n) is 1.40. The largest absolute Gasteiger partial charge is 0.325 e. The van der Waals surface area contributed by atoms with Crippen molar-refractivity contribution in [3.05, 3.63) is 40.3 Å². The highest BCUT2D eigenvalue weighted by Gasteiger charge is 2.10. The lowest BCUT2D eigenvalue weighted by Crippen LogP contribution is -2.12. The molecule has 1 aromatic carbocycles. The Morgan fingerprint density at radius 3 is 3.06 bits per heavy atom. The maximum absolute atomic E-state index is 11.9. The fourth-order valence-corrected chi connectivity index (χ4v) is 2.52. The number of carbonyl (C=O) groups excluding carboxylic acids is 1. The first-order valence-corrected chi connectivity index (χ1v) is 7.43. The van der Waals surface area contributed by atoms with E-state index in [0.29, 0.717) is 12.2 Å². The molecule has 3 N–H and O–H groups in total. The number of nitrogens with zero attached hydrogens (tertiary/aromatic N) is 1. The van der Waals surface area contributed by atoms with Crippen LogP contribution in [0.4, 0.5) is 5.69 Å². The number of anilines is 1. The van der Waals surface area contributed by atoms with E-state index in [1.165, 1.54) is 11.3 Å². The van der Waals surface area contributed by atoms with Crippen molar-refractivity contribution in [1.82, 2.24) is 4.98 Å². The smallest absolute Gasteiger partial charge is 0.275 e. The molecule has 0 aliphatic carbocycles. The molecule has 4 nitrogen and oxygen atoms in total. The number of hydrogen-bond donors (Lipinski definition) is 2. The Kier molecular flexibility index (Phi) is 4.35. The molecule has 0 aliphatic rings. The van der Waals surface area contributed by atoms with Gasteiger partial charge in [-0.2, -0.15) is 0 Å². The Bertz CT molecular complexity index is 554. The van der Waals surface area contributed by atoms with Crippen LogP contribution in [-0.2, 0) is 6.54 Å². The number of thiazole rings is 1. The van der Waals surface area contributed by atoms with Crippen molar-refractivity contribution in [2.45, 2.75) is 11.4 Å². The number of nitrogens with two attached hydrogens (primary N) is 1. The Labute approximate surface area is 114 Å². The lowest BCUT2D eigenvalue weighted by molar-refractivity contribution is 0.102. The van der Waals surface area contributed by atoms with Gasteiger partial charge in [0.2, 0.25) is 0 Å². The molecule has 0 spiro atoms. The molecule has 18 heavy (non-hydrogen) atoms. The third-order valence-corrected chi connectivity index (χ3v) is 3.88. The summed E-state index contributed by atoms with van der Waals surface area (Å²) in [4.78, 5) is 17.2. The second-order valence-electron chi connectivity index (χ2n) is 3.52. The normalized spacial score (nSPS) is 10.3. The minimum atomic E-state index is -0.204. The summed E-state index contributed by atoms with van der Waals surface area (Å²) in [7, 11) is 0. The lowest BCUT2D eigenvalue weighted by atomic mass is 10.3. The number of amides is 1. The monoisotopic (exact) mass is 279 g/mol. The molecule has 94 valence electrons. The molecule has 0 bridgehead atoms. The van der Waals surface area contributed by atoms with Gasteiger partial charge in [0.25, 0.3) is 5.91 Å². The molecule has 0 atom stereocenters. The highest BCUT2D eigenvalue weighted by Crippen LogP contribution is 2.19. The van der Waals surface area contributed by atoms with E-state index >= 15 is 0 Å². The Hall–Kier alpha value is -1.37. The van der Waals surface area contributed by atoms with E-state index in [1.807, 2.05) is 30.5 Å². The van der Waals surface area contributed by atoms with E-state index in [-0.39, 0.29) is 5.91 Å². The van der Waals surface area contributed by atoms with Crippen molar-refractivity contribution in [3.8, 4) is 0 Å². The van der Waals surface area contributed by atoms with Gasteiger partial charge in [-0.3, -0.25) is 4.79 Å². The van der Waals surface area contributed by atoms with E-state index in [9.17, 15) is 4.79 Å². The number of benzene rings is 1. The summed E-state index contributed by atoms with van der Waals surface area (Å²) in [5.74, 6) is -0.204. The molecule has 2 rings (SSSR count). The van der Waals surface area contributed by atoms with Gasteiger partial charge in [-0.15, -0.1) is 23.1 Å². The minimum absolute atomic E-state index is 0.204. The van der Waals surface area contributed by atoms with E-state index < -0.39 is 0 Å². The molecular formula is C12H13N3OS2. The first-order chi connectivity index (χ1) is 8.72. The van der Waals surface area contributed by atoms with Crippen LogP contribution in [0.5, 0.6) is 0 Å². The summed E-state index contributed by atoms with van der Waals surface area (Å²) < 4.78 is 0. The van der Waals surface area contributed by atoms with Crippen LogP contribution in [-0.4, -0.2) is 17.1 Å². The maximum Gasteiger partial charge on any atom is 0.275 e. The zero-order chi connectivity index (χ0) is 13.0. The van der Waals surface area contributed by atoms with Crippen LogP contribution in [0.15, 0.2) is 34.5 Å². The fraction of sp³-hybridized carbons (Fsp3) is 0.167. The SMILES string of the molecule is CSc1cccc(NC(=O)c2csc(CN)n2)c1. The van der Waals surface area contributed by atoms with Crippen molar-refractivity contribution in [1.29, 1.82) is 0 Å². The van der Waals surface area contributed by atoms with Crippen LogP contribution in [0.1, 0.15) is 15.5 Å². The third-order valence-electron chi connectivity index (χ3n) is 2.29.